The third-order valence-electron chi connectivity index (χ3n) is 3.41. The molecule has 0 aliphatic carbocycles. The van der Waals surface area contributed by atoms with E-state index in [4.69, 9.17) is 5.73 Å². The van der Waals surface area contributed by atoms with Gasteiger partial charge in [0, 0.05) is 11.1 Å². The van der Waals surface area contributed by atoms with Crippen molar-refractivity contribution in [2.24, 2.45) is 0 Å². The summed E-state index contributed by atoms with van der Waals surface area (Å²) < 4.78 is 1.60. The number of benzene rings is 1. The highest BCUT2D eigenvalue weighted by atomic mass is 15.4. The fraction of sp³-hybridized carbons (Fsp3) is 0.0714. The van der Waals surface area contributed by atoms with Crippen LogP contribution in [0.25, 0.3) is 16.6 Å². The zero-order chi connectivity index (χ0) is 14.4. The highest BCUT2D eigenvalue weighted by molar-refractivity contribution is 5.85. The molecule has 0 amide bonds. The molecule has 0 fully saturated rings. The standard InChI is InChI=1S/C14H13N7/c1-8-5-9(6-11-10(8)7-16-19-11)17-14-18-13-4-2-3-12(15)21(13)20-14/h2-7H,15H2,1H3,(H,16,19)(H,17,20). The number of H-pyrrole nitrogens is 1. The quantitative estimate of drug-likeness (QED) is 0.523. The normalized spacial score (nSPS) is 11.3. The van der Waals surface area contributed by atoms with Gasteiger partial charge in [0.25, 0.3) is 0 Å². The van der Waals surface area contributed by atoms with Gasteiger partial charge < -0.3 is 11.1 Å². The average Bonchev–Trinajstić information content (AvgIpc) is 3.06. The molecule has 4 rings (SSSR count). The highest BCUT2D eigenvalue weighted by Crippen LogP contribution is 2.23. The lowest BCUT2D eigenvalue weighted by molar-refractivity contribution is 0.978. The van der Waals surface area contributed by atoms with Gasteiger partial charge in [-0.3, -0.25) is 5.10 Å². The summed E-state index contributed by atoms with van der Waals surface area (Å²) >= 11 is 0. The summed E-state index contributed by atoms with van der Waals surface area (Å²) in [7, 11) is 0. The first kappa shape index (κ1) is 11.7. The van der Waals surface area contributed by atoms with Gasteiger partial charge in [-0.05, 0) is 36.8 Å². The fourth-order valence-electron chi connectivity index (χ4n) is 2.41. The number of nitrogens with zero attached hydrogens (tertiary/aromatic N) is 4. The van der Waals surface area contributed by atoms with Gasteiger partial charge in [0.1, 0.15) is 5.82 Å². The van der Waals surface area contributed by atoms with E-state index in [2.05, 4.69) is 25.6 Å². The summed E-state index contributed by atoms with van der Waals surface area (Å²) in [5, 5.41) is 15.7. The minimum Gasteiger partial charge on any atom is -0.384 e. The monoisotopic (exact) mass is 279 g/mol. The van der Waals surface area contributed by atoms with Crippen LogP contribution in [0.1, 0.15) is 5.56 Å². The van der Waals surface area contributed by atoms with Crippen molar-refractivity contribution in [1.29, 1.82) is 0 Å². The van der Waals surface area contributed by atoms with Crippen LogP contribution in [0.2, 0.25) is 0 Å². The molecular weight excluding hydrogens is 266 g/mol. The molecule has 7 nitrogen and oxygen atoms in total. The summed E-state index contributed by atoms with van der Waals surface area (Å²) in [6.45, 7) is 2.04. The topological polar surface area (TPSA) is 96.9 Å². The number of hydrogen-bond acceptors (Lipinski definition) is 5. The molecule has 3 heterocycles. The number of pyridine rings is 1. The van der Waals surface area contributed by atoms with E-state index in [9.17, 15) is 0 Å². The Morgan fingerprint density at radius 2 is 2.19 bits per heavy atom. The average molecular weight is 279 g/mol. The van der Waals surface area contributed by atoms with Gasteiger partial charge in [-0.25, -0.2) is 0 Å². The van der Waals surface area contributed by atoms with Crippen molar-refractivity contribution in [3.8, 4) is 0 Å². The number of nitrogen functional groups attached to an aromatic ring is 1. The number of hydrogen-bond donors (Lipinski definition) is 3. The van der Waals surface area contributed by atoms with Crippen LogP contribution in [0.5, 0.6) is 0 Å². The van der Waals surface area contributed by atoms with Crippen LogP contribution in [0.3, 0.4) is 0 Å². The van der Waals surface area contributed by atoms with E-state index in [1.165, 1.54) is 0 Å². The smallest absolute Gasteiger partial charge is 0.247 e. The first-order valence-corrected chi connectivity index (χ1v) is 6.53. The molecular formula is C14H13N7. The molecule has 0 saturated heterocycles. The molecule has 0 radical (unpaired) electrons. The Morgan fingerprint density at radius 1 is 1.29 bits per heavy atom. The molecule has 0 aliphatic heterocycles. The second-order valence-corrected chi connectivity index (χ2v) is 4.91. The Hall–Kier alpha value is -3.09. The van der Waals surface area contributed by atoms with E-state index in [0.717, 1.165) is 22.2 Å². The van der Waals surface area contributed by atoms with Crippen LogP contribution >= 0.6 is 0 Å². The number of anilines is 3. The van der Waals surface area contributed by atoms with Gasteiger partial charge in [0.05, 0.1) is 11.7 Å². The first-order chi connectivity index (χ1) is 10.2. The van der Waals surface area contributed by atoms with Gasteiger partial charge in [-0.2, -0.15) is 14.6 Å². The summed E-state index contributed by atoms with van der Waals surface area (Å²) in [5.74, 6) is 1.06. The van der Waals surface area contributed by atoms with Crippen LogP contribution in [0.15, 0.2) is 36.5 Å². The molecule has 0 spiro atoms. The van der Waals surface area contributed by atoms with E-state index in [0.29, 0.717) is 17.4 Å². The SMILES string of the molecule is Cc1cc(Nc2nc3cccc(N)n3n2)cc2[nH]ncc12. The van der Waals surface area contributed by atoms with E-state index >= 15 is 0 Å². The fourth-order valence-corrected chi connectivity index (χ4v) is 2.41. The number of nitrogens with one attached hydrogen (secondary N) is 2. The molecule has 0 atom stereocenters. The van der Waals surface area contributed by atoms with Crippen LogP contribution in [0, 0.1) is 6.92 Å². The summed E-state index contributed by atoms with van der Waals surface area (Å²) in [6.07, 6.45) is 1.82. The van der Waals surface area contributed by atoms with Crippen molar-refractivity contribution >= 4 is 34.0 Å². The Bertz CT molecular complexity index is 950. The Morgan fingerprint density at radius 3 is 3.05 bits per heavy atom. The van der Waals surface area contributed by atoms with E-state index < -0.39 is 0 Å². The van der Waals surface area contributed by atoms with E-state index in [-0.39, 0.29) is 0 Å². The minimum atomic E-state index is 0.506. The molecule has 0 saturated carbocycles. The first-order valence-electron chi connectivity index (χ1n) is 6.53. The maximum absolute atomic E-state index is 5.87. The number of aromatic nitrogens is 5. The van der Waals surface area contributed by atoms with Crippen LogP contribution < -0.4 is 11.1 Å². The van der Waals surface area contributed by atoms with Crippen molar-refractivity contribution in [3.05, 3.63) is 42.1 Å². The number of rotatable bonds is 2. The number of nitrogens with two attached hydrogens (primary N) is 1. The van der Waals surface area contributed by atoms with Crippen molar-refractivity contribution in [2.75, 3.05) is 11.1 Å². The second kappa shape index (κ2) is 4.20. The number of aryl methyl sites for hydroxylation is 1. The van der Waals surface area contributed by atoms with Gasteiger partial charge in [0.2, 0.25) is 5.95 Å². The molecule has 0 aliphatic rings. The third-order valence-corrected chi connectivity index (χ3v) is 3.41. The Balaban J connectivity index is 1.77. The largest absolute Gasteiger partial charge is 0.384 e. The van der Waals surface area contributed by atoms with Gasteiger partial charge in [0.15, 0.2) is 5.65 Å². The highest BCUT2D eigenvalue weighted by Gasteiger charge is 2.07. The van der Waals surface area contributed by atoms with Crippen LogP contribution in [0.4, 0.5) is 17.5 Å². The zero-order valence-electron chi connectivity index (χ0n) is 11.3. The van der Waals surface area contributed by atoms with Crippen molar-refractivity contribution in [3.63, 3.8) is 0 Å². The number of aromatic amines is 1. The molecule has 0 unspecified atom stereocenters. The molecule has 0 bridgehead atoms. The maximum Gasteiger partial charge on any atom is 0.247 e. The molecule has 104 valence electrons. The summed E-state index contributed by atoms with van der Waals surface area (Å²) in [6, 6.07) is 9.51. The second-order valence-electron chi connectivity index (χ2n) is 4.91. The Labute approximate surface area is 119 Å². The Kier molecular flexibility index (Phi) is 2.34. The summed E-state index contributed by atoms with van der Waals surface area (Å²) in [5.41, 5.74) is 9.58. The number of fused-ring (bicyclic) bond motifs is 2. The molecule has 4 N–H and O–H groups in total. The molecule has 4 aromatic rings. The van der Waals surface area contributed by atoms with E-state index in [1.54, 1.807) is 10.6 Å². The van der Waals surface area contributed by atoms with Gasteiger partial charge >= 0.3 is 0 Å². The van der Waals surface area contributed by atoms with Crippen molar-refractivity contribution in [1.82, 2.24) is 24.8 Å². The lowest BCUT2D eigenvalue weighted by atomic mass is 10.1. The lowest BCUT2D eigenvalue weighted by Gasteiger charge is -2.04. The summed E-state index contributed by atoms with van der Waals surface area (Å²) in [4.78, 5) is 4.40. The molecule has 1 aromatic carbocycles. The molecule has 3 aromatic heterocycles. The minimum absolute atomic E-state index is 0.506. The predicted octanol–water partition coefficient (Wildman–Crippen LogP) is 2.24. The third kappa shape index (κ3) is 1.86. The van der Waals surface area contributed by atoms with Crippen LogP contribution in [-0.4, -0.2) is 24.8 Å². The zero-order valence-corrected chi connectivity index (χ0v) is 11.3. The van der Waals surface area contributed by atoms with Crippen molar-refractivity contribution in [2.45, 2.75) is 6.92 Å². The van der Waals surface area contributed by atoms with Crippen molar-refractivity contribution < 1.29 is 0 Å². The maximum atomic E-state index is 5.87. The lowest BCUT2D eigenvalue weighted by Crippen LogP contribution is -1.98. The predicted molar refractivity (Wildman–Crippen MR) is 81.5 cm³/mol. The van der Waals surface area contributed by atoms with Crippen LogP contribution in [-0.2, 0) is 0 Å². The van der Waals surface area contributed by atoms with Gasteiger partial charge in [-0.15, -0.1) is 5.10 Å². The van der Waals surface area contributed by atoms with Gasteiger partial charge in [-0.1, -0.05) is 6.07 Å². The molecule has 21 heavy (non-hydrogen) atoms. The van der Waals surface area contributed by atoms with E-state index in [1.807, 2.05) is 37.4 Å². The molecule has 7 heteroatoms.